The van der Waals surface area contributed by atoms with E-state index in [9.17, 15) is 9.59 Å². The van der Waals surface area contributed by atoms with Crippen LogP contribution in [-0.4, -0.2) is 50.0 Å². The summed E-state index contributed by atoms with van der Waals surface area (Å²) in [5, 5.41) is 11.5. The maximum atomic E-state index is 11.8. The molecule has 1 aliphatic rings. The van der Waals surface area contributed by atoms with Crippen molar-refractivity contribution < 1.29 is 24.2 Å². The van der Waals surface area contributed by atoms with Gasteiger partial charge in [-0.05, 0) is 12.8 Å². The highest BCUT2D eigenvalue weighted by Gasteiger charge is 2.26. The molecule has 0 saturated carbocycles. The first kappa shape index (κ1) is 13.9. The zero-order chi connectivity index (χ0) is 12.7. The van der Waals surface area contributed by atoms with Crippen LogP contribution in [0.3, 0.4) is 0 Å². The van der Waals surface area contributed by atoms with Crippen LogP contribution in [0.25, 0.3) is 0 Å². The molecule has 0 aliphatic carbocycles. The van der Waals surface area contributed by atoms with Crippen LogP contribution in [0.4, 0.5) is 0 Å². The lowest BCUT2D eigenvalue weighted by molar-refractivity contribution is -0.143. The minimum atomic E-state index is -1.03. The van der Waals surface area contributed by atoms with E-state index in [4.69, 9.17) is 14.6 Å². The maximum Gasteiger partial charge on any atom is 0.326 e. The lowest BCUT2D eigenvalue weighted by Gasteiger charge is -2.23. The molecule has 0 aromatic rings. The number of hydrogen-bond donors (Lipinski definition) is 2. The summed E-state index contributed by atoms with van der Waals surface area (Å²) < 4.78 is 9.97. The smallest absolute Gasteiger partial charge is 0.326 e. The third kappa shape index (κ3) is 4.70. The molecule has 1 unspecified atom stereocenters. The topological polar surface area (TPSA) is 84.9 Å². The molecule has 1 rings (SSSR count). The molecule has 1 atom stereocenters. The number of carboxylic acids is 1. The van der Waals surface area contributed by atoms with Gasteiger partial charge in [0.25, 0.3) is 0 Å². The van der Waals surface area contributed by atoms with Gasteiger partial charge in [0.15, 0.2) is 0 Å². The summed E-state index contributed by atoms with van der Waals surface area (Å²) >= 11 is 0. The summed E-state index contributed by atoms with van der Waals surface area (Å²) in [7, 11) is 1.50. The fourth-order valence-electron chi connectivity index (χ4n) is 1.74. The zero-order valence-corrected chi connectivity index (χ0v) is 9.98. The second-order valence-corrected chi connectivity index (χ2v) is 4.07. The van der Waals surface area contributed by atoms with Crippen LogP contribution in [0.1, 0.15) is 19.3 Å². The van der Waals surface area contributed by atoms with Crippen molar-refractivity contribution in [2.45, 2.75) is 25.3 Å². The average Bonchev–Trinajstić information content (AvgIpc) is 2.35. The molecule has 1 heterocycles. The molecule has 0 aromatic carbocycles. The van der Waals surface area contributed by atoms with Gasteiger partial charge in [0.2, 0.25) is 5.91 Å². The zero-order valence-electron chi connectivity index (χ0n) is 9.98. The number of carbonyl (C=O) groups excluding carboxylic acids is 1. The summed E-state index contributed by atoms with van der Waals surface area (Å²) in [5.74, 6) is -1.35. The maximum absolute atomic E-state index is 11.8. The Morgan fingerprint density at radius 1 is 1.47 bits per heavy atom. The third-order valence-corrected chi connectivity index (χ3v) is 2.82. The quantitative estimate of drug-likeness (QED) is 0.689. The van der Waals surface area contributed by atoms with Crippen LogP contribution in [0, 0.1) is 5.92 Å². The van der Waals surface area contributed by atoms with Gasteiger partial charge < -0.3 is 19.9 Å². The number of methoxy groups -OCH3 is 1. The van der Waals surface area contributed by atoms with Crippen LogP contribution < -0.4 is 5.32 Å². The van der Waals surface area contributed by atoms with Gasteiger partial charge in [-0.15, -0.1) is 0 Å². The van der Waals surface area contributed by atoms with Gasteiger partial charge in [-0.2, -0.15) is 0 Å². The Morgan fingerprint density at radius 2 is 2.12 bits per heavy atom. The van der Waals surface area contributed by atoms with E-state index in [2.05, 4.69) is 5.32 Å². The molecule has 1 amide bonds. The van der Waals surface area contributed by atoms with Gasteiger partial charge >= 0.3 is 5.97 Å². The summed E-state index contributed by atoms with van der Waals surface area (Å²) in [4.78, 5) is 22.7. The highest BCUT2D eigenvalue weighted by molar-refractivity contribution is 5.84. The molecule has 1 saturated heterocycles. The first-order valence-corrected chi connectivity index (χ1v) is 5.75. The number of carbonyl (C=O) groups is 2. The minimum absolute atomic E-state index is 0.131. The van der Waals surface area contributed by atoms with Crippen molar-refractivity contribution in [3.63, 3.8) is 0 Å². The number of rotatable bonds is 6. The van der Waals surface area contributed by atoms with E-state index >= 15 is 0 Å². The van der Waals surface area contributed by atoms with E-state index in [1.54, 1.807) is 0 Å². The normalized spacial score (nSPS) is 18.6. The van der Waals surface area contributed by atoms with Crippen LogP contribution in [0.15, 0.2) is 0 Å². The van der Waals surface area contributed by atoms with E-state index in [1.165, 1.54) is 7.11 Å². The second kappa shape index (κ2) is 7.24. The molecule has 0 aromatic heterocycles. The van der Waals surface area contributed by atoms with Crippen molar-refractivity contribution >= 4 is 11.9 Å². The van der Waals surface area contributed by atoms with Crippen molar-refractivity contribution in [3.8, 4) is 0 Å². The van der Waals surface area contributed by atoms with Gasteiger partial charge in [0.05, 0.1) is 0 Å². The van der Waals surface area contributed by atoms with Crippen LogP contribution in [0.2, 0.25) is 0 Å². The standard InChI is InChI=1S/C11H19NO5/c1-16-5-4-9(11(14)15)12-10(13)8-2-6-17-7-3-8/h8-9H,2-7H2,1H3,(H,12,13)(H,14,15). The van der Waals surface area contributed by atoms with Gasteiger partial charge in [0, 0.05) is 39.3 Å². The molecule has 98 valence electrons. The Labute approximate surface area is 100 Å². The van der Waals surface area contributed by atoms with E-state index < -0.39 is 12.0 Å². The van der Waals surface area contributed by atoms with Crippen LogP contribution in [-0.2, 0) is 19.1 Å². The van der Waals surface area contributed by atoms with Crippen molar-refractivity contribution in [2.24, 2.45) is 5.92 Å². The number of aliphatic carboxylic acids is 1. The predicted molar refractivity (Wildman–Crippen MR) is 59.6 cm³/mol. The van der Waals surface area contributed by atoms with E-state index in [0.717, 1.165) is 0 Å². The largest absolute Gasteiger partial charge is 0.480 e. The summed E-state index contributed by atoms with van der Waals surface area (Å²) in [5.41, 5.74) is 0. The third-order valence-electron chi connectivity index (χ3n) is 2.82. The molecule has 0 radical (unpaired) electrons. The second-order valence-electron chi connectivity index (χ2n) is 4.07. The van der Waals surface area contributed by atoms with Gasteiger partial charge in [-0.25, -0.2) is 4.79 Å². The average molecular weight is 245 g/mol. The molecule has 0 spiro atoms. The lowest BCUT2D eigenvalue weighted by Crippen LogP contribution is -2.45. The van der Waals surface area contributed by atoms with Crippen LogP contribution in [0.5, 0.6) is 0 Å². The fourth-order valence-corrected chi connectivity index (χ4v) is 1.74. The predicted octanol–water partition coefficient (Wildman–Crippen LogP) is 0.0189. The number of hydrogen-bond acceptors (Lipinski definition) is 4. The number of carboxylic acid groups (broad SMARTS) is 1. The van der Waals surface area contributed by atoms with Crippen LogP contribution >= 0.6 is 0 Å². The van der Waals surface area contributed by atoms with E-state index in [1.807, 2.05) is 0 Å². The summed E-state index contributed by atoms with van der Waals surface area (Å²) in [6.45, 7) is 1.44. The molecule has 17 heavy (non-hydrogen) atoms. The van der Waals surface area contributed by atoms with E-state index in [0.29, 0.717) is 32.7 Å². The van der Waals surface area contributed by atoms with Crippen molar-refractivity contribution in [3.05, 3.63) is 0 Å². The van der Waals surface area contributed by atoms with Crippen molar-refractivity contribution in [2.75, 3.05) is 26.9 Å². The highest BCUT2D eigenvalue weighted by Crippen LogP contribution is 2.15. The Balaban J connectivity index is 2.42. The molecule has 2 N–H and O–H groups in total. The molecule has 0 bridgehead atoms. The monoisotopic (exact) mass is 245 g/mol. The van der Waals surface area contributed by atoms with Gasteiger partial charge in [0.1, 0.15) is 6.04 Å². The van der Waals surface area contributed by atoms with Crippen molar-refractivity contribution in [1.82, 2.24) is 5.32 Å². The molecule has 6 nitrogen and oxygen atoms in total. The summed E-state index contributed by atoms with van der Waals surface area (Å²) in [6, 6.07) is -0.870. The first-order chi connectivity index (χ1) is 8.15. The Bertz CT molecular complexity index is 263. The fraction of sp³-hybridized carbons (Fsp3) is 0.818. The SMILES string of the molecule is COCCC(NC(=O)C1CCOCC1)C(=O)O. The van der Waals surface area contributed by atoms with E-state index in [-0.39, 0.29) is 18.2 Å². The molecule has 1 fully saturated rings. The molecule has 1 aliphatic heterocycles. The number of nitrogens with one attached hydrogen (secondary N) is 1. The van der Waals surface area contributed by atoms with Crippen molar-refractivity contribution in [1.29, 1.82) is 0 Å². The molecular formula is C11H19NO5. The summed E-state index contributed by atoms with van der Waals surface area (Å²) in [6.07, 6.45) is 1.59. The molecular weight excluding hydrogens is 226 g/mol. The van der Waals surface area contributed by atoms with Gasteiger partial charge in [-0.3, -0.25) is 4.79 Å². The number of ether oxygens (including phenoxy) is 2. The first-order valence-electron chi connectivity index (χ1n) is 5.75. The Morgan fingerprint density at radius 3 is 2.65 bits per heavy atom. The lowest BCUT2D eigenvalue weighted by atomic mass is 9.99. The molecule has 6 heteroatoms. The minimum Gasteiger partial charge on any atom is -0.480 e. The highest BCUT2D eigenvalue weighted by atomic mass is 16.5. The van der Waals surface area contributed by atoms with Gasteiger partial charge in [-0.1, -0.05) is 0 Å². The number of amides is 1. The Hall–Kier alpha value is -1.14. The Kier molecular flexibility index (Phi) is 5.93.